The number of aromatic nitrogens is 1. The summed E-state index contributed by atoms with van der Waals surface area (Å²) < 4.78 is 5.29. The van der Waals surface area contributed by atoms with Gasteiger partial charge in [-0.1, -0.05) is 65.3 Å². The summed E-state index contributed by atoms with van der Waals surface area (Å²) in [5, 5.41) is 6.77. The number of carbonyl (C=O) groups is 1. The minimum Gasteiger partial charge on any atom is -0.355 e. The second kappa shape index (κ2) is 6.48. The summed E-state index contributed by atoms with van der Waals surface area (Å²) in [6.07, 6.45) is 1.46. The molecule has 1 aromatic heterocycles. The summed E-state index contributed by atoms with van der Waals surface area (Å²) in [5.41, 5.74) is 3.48. The fourth-order valence-electron chi connectivity index (χ4n) is 2.41. The molecule has 2 aromatic carbocycles. The van der Waals surface area contributed by atoms with Gasteiger partial charge in [-0.3, -0.25) is 4.79 Å². The smallest absolute Gasteiger partial charge is 0.257 e. The summed E-state index contributed by atoms with van der Waals surface area (Å²) in [7, 11) is 0. The van der Waals surface area contributed by atoms with Gasteiger partial charge in [-0.15, -0.1) is 0 Å². The standard InChI is InChI=1S/C19H18N2O2/c1-13-8-10-16(11-9-13)18-17(12-20-23-18)19(22)21-14(2)15-6-4-3-5-7-15/h3-12,14H,1-2H3,(H,21,22). The molecular weight excluding hydrogens is 288 g/mol. The lowest BCUT2D eigenvalue weighted by atomic mass is 10.1. The molecule has 0 bridgehead atoms. The van der Waals surface area contributed by atoms with Crippen LogP contribution in [0.2, 0.25) is 0 Å². The van der Waals surface area contributed by atoms with Crippen molar-refractivity contribution in [1.82, 2.24) is 10.5 Å². The molecule has 0 spiro atoms. The molecule has 0 aliphatic heterocycles. The Bertz CT molecular complexity index is 792. The van der Waals surface area contributed by atoms with Gasteiger partial charge >= 0.3 is 0 Å². The maximum Gasteiger partial charge on any atom is 0.257 e. The van der Waals surface area contributed by atoms with Gasteiger partial charge < -0.3 is 9.84 Å². The molecule has 3 rings (SSSR count). The average molecular weight is 306 g/mol. The zero-order chi connectivity index (χ0) is 16.2. The van der Waals surface area contributed by atoms with Crippen molar-refractivity contribution in [2.75, 3.05) is 0 Å². The largest absolute Gasteiger partial charge is 0.355 e. The van der Waals surface area contributed by atoms with E-state index in [1.807, 2.05) is 68.4 Å². The van der Waals surface area contributed by atoms with Crippen molar-refractivity contribution >= 4 is 5.91 Å². The Kier molecular flexibility index (Phi) is 4.24. The van der Waals surface area contributed by atoms with Crippen molar-refractivity contribution in [3.8, 4) is 11.3 Å². The van der Waals surface area contributed by atoms with Crippen molar-refractivity contribution in [1.29, 1.82) is 0 Å². The van der Waals surface area contributed by atoms with Crippen molar-refractivity contribution < 1.29 is 9.32 Å². The minimum absolute atomic E-state index is 0.0931. The van der Waals surface area contributed by atoms with Gasteiger partial charge in [0.2, 0.25) is 0 Å². The van der Waals surface area contributed by atoms with E-state index in [2.05, 4.69) is 10.5 Å². The van der Waals surface area contributed by atoms with Crippen LogP contribution in [0.1, 0.15) is 34.5 Å². The van der Waals surface area contributed by atoms with Crippen molar-refractivity contribution in [3.05, 3.63) is 77.5 Å². The predicted molar refractivity (Wildman–Crippen MR) is 89.0 cm³/mol. The second-order valence-electron chi connectivity index (χ2n) is 5.54. The highest BCUT2D eigenvalue weighted by Gasteiger charge is 2.19. The lowest BCUT2D eigenvalue weighted by Crippen LogP contribution is -2.26. The van der Waals surface area contributed by atoms with Crippen LogP contribution in [0.3, 0.4) is 0 Å². The van der Waals surface area contributed by atoms with Gasteiger partial charge in [-0.2, -0.15) is 0 Å². The van der Waals surface area contributed by atoms with Gasteiger partial charge in [0.25, 0.3) is 5.91 Å². The molecule has 1 heterocycles. The summed E-state index contributed by atoms with van der Waals surface area (Å²) in [4.78, 5) is 12.5. The predicted octanol–water partition coefficient (Wildman–Crippen LogP) is 4.14. The fraction of sp³-hybridized carbons (Fsp3) is 0.158. The van der Waals surface area contributed by atoms with Crippen LogP contribution in [0.4, 0.5) is 0 Å². The molecule has 0 radical (unpaired) electrons. The highest BCUT2D eigenvalue weighted by atomic mass is 16.5. The second-order valence-corrected chi connectivity index (χ2v) is 5.54. The third-order valence-electron chi connectivity index (χ3n) is 3.78. The maximum absolute atomic E-state index is 12.5. The number of hydrogen-bond acceptors (Lipinski definition) is 3. The van der Waals surface area contributed by atoms with E-state index in [4.69, 9.17) is 4.52 Å². The molecule has 0 aliphatic carbocycles. The van der Waals surface area contributed by atoms with Crippen LogP contribution < -0.4 is 5.32 Å². The molecular formula is C19H18N2O2. The average Bonchev–Trinajstić information content (AvgIpc) is 3.06. The van der Waals surface area contributed by atoms with Gasteiger partial charge in [0, 0.05) is 5.56 Å². The third kappa shape index (κ3) is 3.31. The van der Waals surface area contributed by atoms with Crippen LogP contribution in [0.25, 0.3) is 11.3 Å². The van der Waals surface area contributed by atoms with E-state index in [0.717, 1.165) is 16.7 Å². The Morgan fingerprint density at radius 2 is 1.78 bits per heavy atom. The molecule has 1 unspecified atom stereocenters. The van der Waals surface area contributed by atoms with Gasteiger partial charge in [-0.25, -0.2) is 0 Å². The number of benzene rings is 2. The monoisotopic (exact) mass is 306 g/mol. The molecule has 4 nitrogen and oxygen atoms in total. The minimum atomic E-state index is -0.196. The Hall–Kier alpha value is -2.88. The van der Waals surface area contributed by atoms with E-state index in [-0.39, 0.29) is 11.9 Å². The molecule has 4 heteroatoms. The van der Waals surface area contributed by atoms with E-state index in [1.54, 1.807) is 0 Å². The van der Waals surface area contributed by atoms with Crippen LogP contribution in [0.15, 0.2) is 65.3 Å². The first-order valence-electron chi connectivity index (χ1n) is 7.52. The lowest BCUT2D eigenvalue weighted by molar-refractivity contribution is 0.0940. The third-order valence-corrected chi connectivity index (χ3v) is 3.78. The van der Waals surface area contributed by atoms with E-state index in [1.165, 1.54) is 6.20 Å². The number of aryl methyl sites for hydroxylation is 1. The normalized spacial score (nSPS) is 11.9. The van der Waals surface area contributed by atoms with Crippen LogP contribution in [0, 0.1) is 6.92 Å². The fourth-order valence-corrected chi connectivity index (χ4v) is 2.41. The molecule has 0 fully saturated rings. The molecule has 116 valence electrons. The van der Waals surface area contributed by atoms with Crippen LogP contribution in [-0.4, -0.2) is 11.1 Å². The van der Waals surface area contributed by atoms with Crippen molar-refractivity contribution in [2.24, 2.45) is 0 Å². The van der Waals surface area contributed by atoms with Crippen molar-refractivity contribution in [3.63, 3.8) is 0 Å². The number of carbonyl (C=O) groups excluding carboxylic acids is 1. The van der Waals surface area contributed by atoms with Gasteiger partial charge in [0.15, 0.2) is 5.76 Å². The Morgan fingerprint density at radius 1 is 1.09 bits per heavy atom. The first-order valence-corrected chi connectivity index (χ1v) is 7.52. The van der Waals surface area contributed by atoms with Gasteiger partial charge in [0.1, 0.15) is 5.56 Å². The van der Waals surface area contributed by atoms with Gasteiger partial charge in [-0.05, 0) is 19.4 Å². The first kappa shape index (κ1) is 15.0. The molecule has 23 heavy (non-hydrogen) atoms. The Morgan fingerprint density at radius 3 is 2.48 bits per heavy atom. The summed E-state index contributed by atoms with van der Waals surface area (Å²) >= 11 is 0. The quantitative estimate of drug-likeness (QED) is 0.788. The molecule has 1 N–H and O–H groups in total. The van der Waals surface area contributed by atoms with Crippen LogP contribution in [0.5, 0.6) is 0 Å². The highest BCUT2D eigenvalue weighted by Crippen LogP contribution is 2.24. The van der Waals surface area contributed by atoms with Gasteiger partial charge in [0.05, 0.1) is 12.2 Å². The summed E-state index contributed by atoms with van der Waals surface area (Å²) in [6, 6.07) is 17.5. The molecule has 3 aromatic rings. The zero-order valence-corrected chi connectivity index (χ0v) is 13.1. The topological polar surface area (TPSA) is 55.1 Å². The van der Waals surface area contributed by atoms with Crippen molar-refractivity contribution in [2.45, 2.75) is 19.9 Å². The molecule has 0 aliphatic rings. The number of amides is 1. The van der Waals surface area contributed by atoms with Crippen LogP contribution >= 0.6 is 0 Å². The van der Waals surface area contributed by atoms with E-state index in [0.29, 0.717) is 11.3 Å². The number of rotatable bonds is 4. The SMILES string of the molecule is Cc1ccc(-c2oncc2C(=O)NC(C)c2ccccc2)cc1. The first-order chi connectivity index (χ1) is 11.1. The molecule has 0 saturated carbocycles. The Labute approximate surface area is 135 Å². The number of nitrogens with zero attached hydrogens (tertiary/aromatic N) is 1. The summed E-state index contributed by atoms with van der Waals surface area (Å²) in [5.74, 6) is 0.293. The number of hydrogen-bond donors (Lipinski definition) is 1. The summed E-state index contributed by atoms with van der Waals surface area (Å²) in [6.45, 7) is 3.96. The maximum atomic E-state index is 12.5. The van der Waals surface area contributed by atoms with E-state index < -0.39 is 0 Å². The Balaban J connectivity index is 1.81. The zero-order valence-electron chi connectivity index (χ0n) is 13.1. The van der Waals surface area contributed by atoms with E-state index >= 15 is 0 Å². The molecule has 0 saturated heterocycles. The highest BCUT2D eigenvalue weighted by molar-refractivity contribution is 5.99. The number of nitrogens with one attached hydrogen (secondary N) is 1. The lowest BCUT2D eigenvalue weighted by Gasteiger charge is -2.13. The molecule has 1 atom stereocenters. The van der Waals surface area contributed by atoms with E-state index in [9.17, 15) is 4.79 Å². The molecule has 1 amide bonds. The van der Waals surface area contributed by atoms with Crippen LogP contribution in [-0.2, 0) is 0 Å².